The Kier molecular flexibility index (Phi) is 4.06. The van der Waals surface area contributed by atoms with Crippen LogP contribution in [-0.2, 0) is 0 Å². The summed E-state index contributed by atoms with van der Waals surface area (Å²) in [5.74, 6) is -3.21. The van der Waals surface area contributed by atoms with Crippen LogP contribution in [-0.4, -0.2) is 23.3 Å². The van der Waals surface area contributed by atoms with Crippen molar-refractivity contribution in [3.05, 3.63) is 34.4 Å². The molecule has 2 radical (unpaired) electrons. The second kappa shape index (κ2) is 5.97. The molecule has 1 saturated carbocycles. The van der Waals surface area contributed by atoms with E-state index in [1.807, 2.05) is 24.3 Å². The van der Waals surface area contributed by atoms with E-state index >= 15 is 8.78 Å². The number of rotatable bonds is 3. The maximum absolute atomic E-state index is 15.0. The zero-order valence-electron chi connectivity index (χ0n) is 13.3. The fourth-order valence-electron chi connectivity index (χ4n) is 4.27. The maximum Gasteiger partial charge on any atom is 0.253 e. The van der Waals surface area contributed by atoms with Gasteiger partial charge in [0.25, 0.3) is 5.92 Å². The highest BCUT2D eigenvalue weighted by atomic mass is 79.9. The number of nitrogens with zero attached hydrogens (tertiary/aromatic N) is 2. The molecule has 0 N–H and O–H groups in total. The molecular formula is C18H18BBrF2N2. The highest BCUT2D eigenvalue weighted by Crippen LogP contribution is 2.48. The molecule has 0 bridgehead atoms. The van der Waals surface area contributed by atoms with E-state index in [1.54, 1.807) is 4.57 Å². The molecule has 1 fully saturated rings. The third kappa shape index (κ3) is 2.54. The minimum Gasteiger partial charge on any atom is -0.328 e. The van der Waals surface area contributed by atoms with Gasteiger partial charge in [-0.3, -0.25) is 0 Å². The van der Waals surface area contributed by atoms with Gasteiger partial charge in [0.1, 0.15) is 4.60 Å². The summed E-state index contributed by atoms with van der Waals surface area (Å²) in [6.07, 6.45) is 3.92. The van der Waals surface area contributed by atoms with Gasteiger partial charge in [0, 0.05) is 17.9 Å². The lowest BCUT2D eigenvalue weighted by Crippen LogP contribution is -2.34. The van der Waals surface area contributed by atoms with E-state index in [4.69, 9.17) is 7.85 Å². The van der Waals surface area contributed by atoms with Gasteiger partial charge in [-0.1, -0.05) is 43.5 Å². The van der Waals surface area contributed by atoms with Gasteiger partial charge in [0.2, 0.25) is 0 Å². The number of halogens is 3. The fraction of sp³-hybridized carbons (Fsp3) is 0.500. The Labute approximate surface area is 150 Å². The van der Waals surface area contributed by atoms with Gasteiger partial charge >= 0.3 is 0 Å². The molecule has 4 rings (SSSR count). The molecule has 0 spiro atoms. The van der Waals surface area contributed by atoms with Gasteiger partial charge in [-0.15, -0.1) is 0 Å². The number of benzene rings is 1. The van der Waals surface area contributed by atoms with Crippen LogP contribution in [0.3, 0.4) is 0 Å². The second-order valence-electron chi connectivity index (χ2n) is 6.88. The lowest BCUT2D eigenvalue weighted by molar-refractivity contribution is -0.0834. The molecule has 1 atom stereocenters. The number of aromatic nitrogens is 2. The summed E-state index contributed by atoms with van der Waals surface area (Å²) in [6.45, 7) is 0. The highest BCUT2D eigenvalue weighted by molar-refractivity contribution is 9.10. The molecule has 1 aromatic carbocycles. The molecule has 1 unspecified atom stereocenters. The zero-order valence-corrected chi connectivity index (χ0v) is 14.9. The number of imidazole rings is 1. The van der Waals surface area contributed by atoms with Crippen LogP contribution < -0.4 is 5.72 Å². The molecule has 1 aliphatic heterocycles. The molecule has 6 heteroatoms. The Morgan fingerprint density at radius 2 is 1.92 bits per heavy atom. The van der Waals surface area contributed by atoms with Gasteiger partial charge in [0.15, 0.2) is 7.85 Å². The normalized spacial score (nSPS) is 20.9. The Hall–Kier alpha value is -1.17. The van der Waals surface area contributed by atoms with Crippen LogP contribution in [0.2, 0.25) is 0 Å². The van der Waals surface area contributed by atoms with Gasteiger partial charge in [0.05, 0.1) is 17.5 Å². The summed E-state index contributed by atoms with van der Waals surface area (Å²) in [4.78, 5) is 4.24. The van der Waals surface area contributed by atoms with Crippen molar-refractivity contribution in [2.75, 3.05) is 0 Å². The molecule has 0 amide bonds. The van der Waals surface area contributed by atoms with E-state index in [9.17, 15) is 0 Å². The van der Waals surface area contributed by atoms with E-state index in [1.165, 1.54) is 0 Å². The highest BCUT2D eigenvalue weighted by Gasteiger charge is 2.45. The molecule has 24 heavy (non-hydrogen) atoms. The molecule has 2 aromatic rings. The number of hydrogen-bond acceptors (Lipinski definition) is 1. The third-order valence-corrected chi connectivity index (χ3v) is 6.00. The molecule has 2 heterocycles. The first-order valence-electron chi connectivity index (χ1n) is 8.49. The van der Waals surface area contributed by atoms with Crippen molar-refractivity contribution < 1.29 is 8.78 Å². The molecule has 1 aliphatic carbocycles. The lowest BCUT2D eigenvalue weighted by atomic mass is 9.81. The van der Waals surface area contributed by atoms with Crippen molar-refractivity contribution >= 4 is 29.5 Å². The van der Waals surface area contributed by atoms with E-state index < -0.39 is 17.9 Å². The molecular weight excluding hydrogens is 373 g/mol. The van der Waals surface area contributed by atoms with E-state index in [2.05, 4.69) is 20.9 Å². The first-order valence-corrected chi connectivity index (χ1v) is 9.28. The van der Waals surface area contributed by atoms with E-state index in [-0.39, 0.29) is 12.1 Å². The fourth-order valence-corrected chi connectivity index (χ4v) is 4.86. The van der Waals surface area contributed by atoms with Crippen LogP contribution in [0.4, 0.5) is 8.78 Å². The molecule has 1 aromatic heterocycles. The van der Waals surface area contributed by atoms with E-state index in [0.717, 1.165) is 36.1 Å². The zero-order chi connectivity index (χ0) is 16.9. The van der Waals surface area contributed by atoms with Crippen molar-refractivity contribution in [1.29, 1.82) is 0 Å². The predicted molar refractivity (Wildman–Crippen MR) is 95.0 cm³/mol. The minimum absolute atomic E-state index is 0.214. The largest absolute Gasteiger partial charge is 0.328 e. The Morgan fingerprint density at radius 1 is 1.21 bits per heavy atom. The number of fused-ring (bicyclic) bond motifs is 3. The quantitative estimate of drug-likeness (QED) is 0.699. The van der Waals surface area contributed by atoms with Crippen molar-refractivity contribution in [2.45, 2.75) is 50.5 Å². The SMILES string of the molecule is [B]c1nc(Br)c2n1C(CC(F)(F)C1CCCCC1)c1ccccc1-2. The van der Waals surface area contributed by atoms with Gasteiger partial charge < -0.3 is 4.57 Å². The Morgan fingerprint density at radius 3 is 2.67 bits per heavy atom. The molecule has 124 valence electrons. The van der Waals surface area contributed by atoms with Crippen LogP contribution in [0.15, 0.2) is 28.9 Å². The first-order chi connectivity index (χ1) is 11.5. The molecule has 2 nitrogen and oxygen atoms in total. The minimum atomic E-state index is -2.69. The second-order valence-corrected chi connectivity index (χ2v) is 7.63. The Bertz CT molecular complexity index is 768. The number of hydrogen-bond donors (Lipinski definition) is 0. The summed E-state index contributed by atoms with van der Waals surface area (Å²) < 4.78 is 32.4. The van der Waals surface area contributed by atoms with Crippen molar-refractivity contribution in [1.82, 2.24) is 9.55 Å². The van der Waals surface area contributed by atoms with Crippen LogP contribution in [0, 0.1) is 5.92 Å². The van der Waals surface area contributed by atoms with E-state index in [0.29, 0.717) is 17.4 Å². The van der Waals surface area contributed by atoms with Crippen LogP contribution >= 0.6 is 15.9 Å². The standard InChI is InChI=1S/C18H18BBrF2N2/c19-17-23-16(20)15-13-9-5-4-8-12(13)14(24(15)17)10-18(21,22)11-6-2-1-3-7-11/h4-5,8-9,11,14H,1-3,6-7,10H2. The van der Waals surface area contributed by atoms with Gasteiger partial charge in [-0.05, 0) is 34.3 Å². The third-order valence-electron chi connectivity index (χ3n) is 5.45. The summed E-state index contributed by atoms with van der Waals surface area (Å²) in [5.41, 5.74) is 2.96. The first kappa shape index (κ1) is 16.3. The van der Waals surface area contributed by atoms with Gasteiger partial charge in [-0.2, -0.15) is 0 Å². The Balaban J connectivity index is 1.73. The molecule has 2 aliphatic rings. The van der Waals surface area contributed by atoms with Crippen molar-refractivity contribution in [3.63, 3.8) is 0 Å². The summed E-state index contributed by atoms with van der Waals surface area (Å²) in [7, 11) is 6.04. The summed E-state index contributed by atoms with van der Waals surface area (Å²) in [6, 6.07) is 7.24. The van der Waals surface area contributed by atoms with Crippen molar-refractivity contribution in [3.8, 4) is 11.3 Å². The van der Waals surface area contributed by atoms with Crippen LogP contribution in [0.1, 0.15) is 50.1 Å². The summed E-state index contributed by atoms with van der Waals surface area (Å²) in [5, 5.41) is 0. The lowest BCUT2D eigenvalue weighted by Gasteiger charge is -2.32. The molecule has 0 saturated heterocycles. The van der Waals surface area contributed by atoms with Gasteiger partial charge in [-0.25, -0.2) is 13.8 Å². The monoisotopic (exact) mass is 390 g/mol. The van der Waals surface area contributed by atoms with Crippen LogP contribution in [0.5, 0.6) is 0 Å². The van der Waals surface area contributed by atoms with Crippen molar-refractivity contribution in [2.24, 2.45) is 5.92 Å². The smallest absolute Gasteiger partial charge is 0.253 e. The van der Waals surface area contributed by atoms with Crippen LogP contribution in [0.25, 0.3) is 11.3 Å². The average Bonchev–Trinajstić information content (AvgIpc) is 3.05. The number of alkyl halides is 2. The summed E-state index contributed by atoms with van der Waals surface area (Å²) >= 11 is 3.42. The predicted octanol–water partition coefficient (Wildman–Crippen LogP) is 4.61. The maximum atomic E-state index is 15.0. The average molecular weight is 391 g/mol. The topological polar surface area (TPSA) is 17.8 Å².